The van der Waals surface area contributed by atoms with E-state index in [1.807, 2.05) is 36.1 Å². The van der Waals surface area contributed by atoms with Gasteiger partial charge in [-0.05, 0) is 73.6 Å². The van der Waals surface area contributed by atoms with Gasteiger partial charge in [0, 0.05) is 54.1 Å². The number of carbonyl (C=O) groups is 3. The van der Waals surface area contributed by atoms with Crippen LogP contribution in [0.15, 0.2) is 60.6 Å². The number of amides is 3. The second-order valence-electron chi connectivity index (χ2n) is 10.6. The molecule has 2 aliphatic heterocycles. The highest BCUT2D eigenvalue weighted by Crippen LogP contribution is 2.37. The first-order chi connectivity index (χ1) is 19.5. The quantitative estimate of drug-likeness (QED) is 0.393. The minimum atomic E-state index is -0.222. The fourth-order valence-corrected chi connectivity index (χ4v) is 5.28. The average molecular weight is 537 g/mol. The zero-order chi connectivity index (χ0) is 27.6. The first-order valence-electron chi connectivity index (χ1n) is 13.9. The summed E-state index contributed by atoms with van der Waals surface area (Å²) in [5, 5.41) is 9.37. The molecule has 0 atom stereocenters. The number of likely N-dealkylation sites (tertiary alicyclic amines) is 1. The Morgan fingerprint density at radius 3 is 2.50 bits per heavy atom. The van der Waals surface area contributed by atoms with Crippen molar-refractivity contribution in [2.75, 3.05) is 35.6 Å². The minimum Gasteiger partial charge on any atom is -0.381 e. The summed E-state index contributed by atoms with van der Waals surface area (Å²) in [5.41, 5.74) is 6.63. The van der Waals surface area contributed by atoms with Crippen molar-refractivity contribution < 1.29 is 14.4 Å². The van der Waals surface area contributed by atoms with Crippen LogP contribution in [0.1, 0.15) is 55.1 Å². The van der Waals surface area contributed by atoms with E-state index >= 15 is 0 Å². The van der Waals surface area contributed by atoms with Crippen molar-refractivity contribution in [1.29, 1.82) is 0 Å². The number of fused-ring (bicyclic) bond motifs is 1. The van der Waals surface area contributed by atoms with Crippen LogP contribution in [-0.4, -0.2) is 52.2 Å². The molecule has 6 rings (SSSR count). The van der Waals surface area contributed by atoms with Gasteiger partial charge in [0.25, 0.3) is 11.8 Å². The highest BCUT2D eigenvalue weighted by Gasteiger charge is 2.30. The number of aromatic nitrogens is 2. The van der Waals surface area contributed by atoms with Gasteiger partial charge in [0.1, 0.15) is 5.69 Å². The van der Waals surface area contributed by atoms with Gasteiger partial charge in [-0.3, -0.25) is 19.4 Å². The van der Waals surface area contributed by atoms with E-state index in [4.69, 9.17) is 0 Å². The lowest BCUT2D eigenvalue weighted by Gasteiger charge is -2.25. The summed E-state index contributed by atoms with van der Waals surface area (Å²) in [4.78, 5) is 49.0. The number of pyridine rings is 2. The van der Waals surface area contributed by atoms with Crippen LogP contribution in [0.4, 0.5) is 17.1 Å². The van der Waals surface area contributed by atoms with Crippen molar-refractivity contribution in [2.24, 2.45) is 5.92 Å². The number of anilines is 3. The first-order valence-corrected chi connectivity index (χ1v) is 13.9. The lowest BCUT2D eigenvalue weighted by atomic mass is 9.90. The van der Waals surface area contributed by atoms with Gasteiger partial charge in [-0.25, -0.2) is 4.98 Å². The molecule has 40 heavy (non-hydrogen) atoms. The SMILES string of the molecule is CCC1=C(C(=O)Nc2ccc(C(=O)N3CCCC3)nc2)c2cc(-c3cncc(NC(=O)C4CC4)c3)ccc2NC1. The monoisotopic (exact) mass is 536 g/mol. The summed E-state index contributed by atoms with van der Waals surface area (Å²) in [6.45, 7) is 4.14. The molecule has 3 amide bonds. The Bertz CT molecular complexity index is 1500. The van der Waals surface area contributed by atoms with E-state index in [1.54, 1.807) is 30.7 Å². The van der Waals surface area contributed by atoms with E-state index in [0.717, 1.165) is 66.7 Å². The van der Waals surface area contributed by atoms with Gasteiger partial charge >= 0.3 is 0 Å². The van der Waals surface area contributed by atoms with E-state index in [0.29, 0.717) is 35.6 Å². The Labute approximate surface area is 233 Å². The average Bonchev–Trinajstić information content (AvgIpc) is 3.70. The molecule has 2 fully saturated rings. The molecular weight excluding hydrogens is 504 g/mol. The smallest absolute Gasteiger partial charge is 0.272 e. The fraction of sp³-hybridized carbons (Fsp3) is 0.323. The molecule has 9 heteroatoms. The molecule has 3 N–H and O–H groups in total. The molecular formula is C31H32N6O3. The van der Waals surface area contributed by atoms with Crippen molar-refractivity contribution in [3.05, 3.63) is 71.8 Å². The maximum absolute atomic E-state index is 13.7. The molecule has 0 bridgehead atoms. The Balaban J connectivity index is 1.24. The number of hydrogen-bond donors (Lipinski definition) is 3. The van der Waals surface area contributed by atoms with Crippen molar-refractivity contribution in [3.63, 3.8) is 0 Å². The lowest BCUT2D eigenvalue weighted by molar-refractivity contribution is -0.117. The normalized spacial score (nSPS) is 16.3. The van der Waals surface area contributed by atoms with Crippen LogP contribution in [-0.2, 0) is 9.59 Å². The Morgan fingerprint density at radius 2 is 1.77 bits per heavy atom. The largest absolute Gasteiger partial charge is 0.381 e. The van der Waals surface area contributed by atoms with Crippen LogP contribution in [0, 0.1) is 5.92 Å². The number of carbonyl (C=O) groups excluding carboxylic acids is 3. The van der Waals surface area contributed by atoms with E-state index in [-0.39, 0.29) is 23.6 Å². The van der Waals surface area contributed by atoms with Crippen molar-refractivity contribution in [2.45, 2.75) is 39.0 Å². The third-order valence-corrected chi connectivity index (χ3v) is 7.71. The Kier molecular flexibility index (Phi) is 7.02. The van der Waals surface area contributed by atoms with Gasteiger partial charge in [-0.2, -0.15) is 0 Å². The predicted molar refractivity (Wildman–Crippen MR) is 155 cm³/mol. The summed E-state index contributed by atoms with van der Waals surface area (Å²) < 4.78 is 0. The molecule has 1 aliphatic carbocycles. The van der Waals surface area contributed by atoms with Crippen LogP contribution in [0.5, 0.6) is 0 Å². The molecule has 204 valence electrons. The summed E-state index contributed by atoms with van der Waals surface area (Å²) >= 11 is 0. The third kappa shape index (κ3) is 5.32. The lowest BCUT2D eigenvalue weighted by Crippen LogP contribution is -2.28. The standard InChI is InChI=1S/C31H32N6O3/c1-2-19-16-33-26-9-7-21(22-13-24(17-32-15-22)36-29(38)20-5-6-20)14-25(26)28(19)30(39)35-23-8-10-27(34-18-23)31(40)37-11-3-4-12-37/h7-10,13-15,17-18,20,33H,2-6,11-12,16H2,1H3,(H,35,39)(H,36,38). The van der Waals surface area contributed by atoms with Gasteiger partial charge in [0.05, 0.1) is 23.8 Å². The number of nitrogens with zero attached hydrogens (tertiary/aromatic N) is 3. The van der Waals surface area contributed by atoms with E-state index < -0.39 is 0 Å². The summed E-state index contributed by atoms with van der Waals surface area (Å²) in [6, 6.07) is 11.3. The molecule has 3 aliphatic rings. The number of benzene rings is 1. The summed E-state index contributed by atoms with van der Waals surface area (Å²) in [7, 11) is 0. The van der Waals surface area contributed by atoms with Crippen molar-refractivity contribution in [3.8, 4) is 11.1 Å². The Morgan fingerprint density at radius 1 is 0.950 bits per heavy atom. The van der Waals surface area contributed by atoms with E-state index in [1.165, 1.54) is 0 Å². The summed E-state index contributed by atoms with van der Waals surface area (Å²) in [5.74, 6) is -0.155. The van der Waals surface area contributed by atoms with Crippen LogP contribution < -0.4 is 16.0 Å². The van der Waals surface area contributed by atoms with Gasteiger partial charge in [-0.1, -0.05) is 13.0 Å². The topological polar surface area (TPSA) is 116 Å². The maximum atomic E-state index is 13.7. The van der Waals surface area contributed by atoms with Gasteiger partial charge < -0.3 is 20.9 Å². The maximum Gasteiger partial charge on any atom is 0.272 e. The van der Waals surface area contributed by atoms with E-state index in [9.17, 15) is 14.4 Å². The molecule has 0 spiro atoms. The van der Waals surface area contributed by atoms with Crippen molar-refractivity contribution >= 4 is 40.4 Å². The highest BCUT2D eigenvalue weighted by atomic mass is 16.2. The van der Waals surface area contributed by atoms with E-state index in [2.05, 4.69) is 25.9 Å². The third-order valence-electron chi connectivity index (χ3n) is 7.71. The van der Waals surface area contributed by atoms with Gasteiger partial charge in [0.15, 0.2) is 0 Å². The second-order valence-corrected chi connectivity index (χ2v) is 10.6. The number of rotatable bonds is 7. The second kappa shape index (κ2) is 10.9. The summed E-state index contributed by atoms with van der Waals surface area (Å²) in [6.07, 6.45) is 9.57. The van der Waals surface area contributed by atoms with Crippen LogP contribution in [0.25, 0.3) is 16.7 Å². The first kappa shape index (κ1) is 25.7. The van der Waals surface area contributed by atoms with Crippen LogP contribution in [0.2, 0.25) is 0 Å². The van der Waals surface area contributed by atoms with Crippen LogP contribution in [0.3, 0.4) is 0 Å². The molecule has 2 aromatic heterocycles. The molecule has 9 nitrogen and oxygen atoms in total. The van der Waals surface area contributed by atoms with Gasteiger partial charge in [0.2, 0.25) is 5.91 Å². The molecule has 3 aromatic rings. The zero-order valence-corrected chi connectivity index (χ0v) is 22.5. The van der Waals surface area contributed by atoms with Crippen molar-refractivity contribution in [1.82, 2.24) is 14.9 Å². The molecule has 1 saturated heterocycles. The molecule has 1 aromatic carbocycles. The molecule has 0 radical (unpaired) electrons. The fourth-order valence-electron chi connectivity index (χ4n) is 5.28. The minimum absolute atomic E-state index is 0.0333. The van der Waals surface area contributed by atoms with Gasteiger partial charge in [-0.15, -0.1) is 0 Å². The number of nitrogens with one attached hydrogen (secondary N) is 3. The molecule has 4 heterocycles. The Hall–Kier alpha value is -4.53. The molecule has 1 saturated carbocycles. The van der Waals surface area contributed by atoms with Crippen LogP contribution >= 0.6 is 0 Å². The zero-order valence-electron chi connectivity index (χ0n) is 22.5. The molecule has 0 unspecified atom stereocenters. The number of hydrogen-bond acceptors (Lipinski definition) is 6. The highest BCUT2D eigenvalue weighted by molar-refractivity contribution is 6.28. The predicted octanol–water partition coefficient (Wildman–Crippen LogP) is 4.96.